The van der Waals surface area contributed by atoms with Gasteiger partial charge in [-0.3, -0.25) is 4.79 Å². The van der Waals surface area contributed by atoms with Crippen molar-refractivity contribution in [3.63, 3.8) is 0 Å². The summed E-state index contributed by atoms with van der Waals surface area (Å²) < 4.78 is 26.2. The summed E-state index contributed by atoms with van der Waals surface area (Å²) in [5, 5.41) is 0. The van der Waals surface area contributed by atoms with Crippen molar-refractivity contribution < 1.29 is 13.6 Å². The van der Waals surface area contributed by atoms with Crippen LogP contribution in [0.1, 0.15) is 22.3 Å². The molecule has 0 fully saturated rings. The molecule has 0 unspecified atom stereocenters. The van der Waals surface area contributed by atoms with Crippen molar-refractivity contribution in [2.24, 2.45) is 0 Å². The summed E-state index contributed by atoms with van der Waals surface area (Å²) in [4.78, 5) is 10.3. The Bertz CT molecular complexity index is 365. The second-order valence-corrected chi connectivity index (χ2v) is 3.27. The summed E-state index contributed by atoms with van der Waals surface area (Å²) in [5.74, 6) is -1.25. The highest BCUT2D eigenvalue weighted by Crippen LogP contribution is 2.14. The molecule has 0 saturated carbocycles. The van der Waals surface area contributed by atoms with Crippen LogP contribution in [0.4, 0.5) is 8.78 Å². The topological polar surface area (TPSA) is 17.1 Å². The molecular weight excluding hydrogens is 222 g/mol. The molecule has 0 bridgehead atoms. The van der Waals surface area contributed by atoms with E-state index in [0.717, 1.165) is 12.1 Å². The fourth-order valence-electron chi connectivity index (χ4n) is 1.10. The van der Waals surface area contributed by atoms with E-state index in [1.165, 1.54) is 0 Å². The Kier molecular flexibility index (Phi) is 4.43. The van der Waals surface area contributed by atoms with Gasteiger partial charge in [0, 0.05) is 5.88 Å². The minimum Gasteiger partial charge on any atom is -0.298 e. The molecule has 80 valence electrons. The Balaban J connectivity index is 2.98. The van der Waals surface area contributed by atoms with E-state index < -0.39 is 17.2 Å². The summed E-state index contributed by atoms with van der Waals surface area (Å²) in [6.45, 7) is 0. The van der Waals surface area contributed by atoms with Crippen LogP contribution in [0, 0.1) is 11.6 Å². The van der Waals surface area contributed by atoms with Crippen molar-refractivity contribution in [1.82, 2.24) is 0 Å². The van der Waals surface area contributed by atoms with Crippen molar-refractivity contribution in [3.05, 3.63) is 41.0 Å². The molecule has 0 saturated heterocycles. The van der Waals surface area contributed by atoms with Crippen LogP contribution >= 0.6 is 11.6 Å². The number of hydrogen-bond donors (Lipinski definition) is 0. The number of halogens is 3. The van der Waals surface area contributed by atoms with Gasteiger partial charge >= 0.3 is 0 Å². The first-order chi connectivity index (χ1) is 7.19. The molecule has 0 spiro atoms. The number of alkyl halides is 1. The molecule has 15 heavy (non-hydrogen) atoms. The first kappa shape index (κ1) is 11.9. The van der Waals surface area contributed by atoms with Gasteiger partial charge in [-0.2, -0.15) is 0 Å². The van der Waals surface area contributed by atoms with E-state index in [2.05, 4.69) is 0 Å². The molecule has 1 aromatic rings. The summed E-state index contributed by atoms with van der Waals surface area (Å²) in [7, 11) is 0. The number of carbonyl (C=O) groups excluding carboxylic acids is 1. The number of allylic oxidation sites excluding steroid dienone is 1. The van der Waals surface area contributed by atoms with E-state index >= 15 is 0 Å². The smallest absolute Gasteiger partial charge is 0.155 e. The second-order valence-electron chi connectivity index (χ2n) is 2.90. The van der Waals surface area contributed by atoms with Crippen LogP contribution in [0.15, 0.2) is 18.2 Å². The second kappa shape index (κ2) is 5.61. The third-order valence-corrected chi connectivity index (χ3v) is 2.02. The molecular formula is C11H9ClF2O. The van der Waals surface area contributed by atoms with Crippen LogP contribution in [0.25, 0.3) is 6.08 Å². The van der Waals surface area contributed by atoms with Gasteiger partial charge in [0.2, 0.25) is 0 Å². The SMILES string of the molecule is O=Cc1c(F)cc(C=CCCCl)cc1F. The van der Waals surface area contributed by atoms with Gasteiger partial charge in [0.05, 0.1) is 5.56 Å². The van der Waals surface area contributed by atoms with Crippen LogP contribution in [-0.4, -0.2) is 12.2 Å². The lowest BCUT2D eigenvalue weighted by Gasteiger charge is -1.99. The predicted molar refractivity (Wildman–Crippen MR) is 56.1 cm³/mol. The molecule has 1 rings (SSSR count). The number of benzene rings is 1. The molecule has 0 aliphatic heterocycles. The number of carbonyl (C=O) groups is 1. The lowest BCUT2D eigenvalue weighted by molar-refractivity contribution is 0.111. The first-order valence-corrected chi connectivity index (χ1v) is 4.89. The van der Waals surface area contributed by atoms with Crippen molar-refractivity contribution in [2.45, 2.75) is 6.42 Å². The maximum absolute atomic E-state index is 13.1. The van der Waals surface area contributed by atoms with Gasteiger partial charge in [0.15, 0.2) is 6.29 Å². The average molecular weight is 231 g/mol. The molecule has 0 amide bonds. The summed E-state index contributed by atoms with van der Waals surface area (Å²) in [6, 6.07) is 2.22. The third kappa shape index (κ3) is 3.13. The largest absolute Gasteiger partial charge is 0.298 e. The van der Waals surface area contributed by atoms with Crippen molar-refractivity contribution >= 4 is 24.0 Å². The number of hydrogen-bond acceptors (Lipinski definition) is 1. The number of aldehydes is 1. The van der Waals surface area contributed by atoms with E-state index in [4.69, 9.17) is 11.6 Å². The molecule has 0 heterocycles. The van der Waals surface area contributed by atoms with E-state index in [1.54, 1.807) is 12.2 Å². The van der Waals surface area contributed by atoms with Gasteiger partial charge in [-0.1, -0.05) is 12.2 Å². The Morgan fingerprint density at radius 3 is 2.33 bits per heavy atom. The van der Waals surface area contributed by atoms with Gasteiger partial charge in [-0.25, -0.2) is 8.78 Å². The van der Waals surface area contributed by atoms with Crippen LogP contribution in [0.5, 0.6) is 0 Å². The average Bonchev–Trinajstić information content (AvgIpc) is 2.18. The maximum Gasteiger partial charge on any atom is 0.155 e. The Morgan fingerprint density at radius 2 is 1.87 bits per heavy atom. The Labute approximate surface area is 91.4 Å². The molecule has 0 atom stereocenters. The van der Waals surface area contributed by atoms with Gasteiger partial charge in [0.1, 0.15) is 11.6 Å². The van der Waals surface area contributed by atoms with Crippen LogP contribution in [0.2, 0.25) is 0 Å². The quantitative estimate of drug-likeness (QED) is 0.572. The minimum atomic E-state index is -0.851. The third-order valence-electron chi connectivity index (χ3n) is 1.81. The van der Waals surface area contributed by atoms with E-state index in [-0.39, 0.29) is 6.29 Å². The molecule has 1 aromatic carbocycles. The monoisotopic (exact) mass is 230 g/mol. The zero-order chi connectivity index (χ0) is 11.3. The zero-order valence-corrected chi connectivity index (χ0v) is 8.60. The van der Waals surface area contributed by atoms with Gasteiger partial charge < -0.3 is 0 Å². The highest BCUT2D eigenvalue weighted by atomic mass is 35.5. The van der Waals surface area contributed by atoms with Crippen molar-refractivity contribution in [3.8, 4) is 0 Å². The molecule has 0 aromatic heterocycles. The summed E-state index contributed by atoms with van der Waals surface area (Å²) in [6.07, 6.45) is 4.06. The number of rotatable bonds is 4. The predicted octanol–water partition coefficient (Wildman–Crippen LogP) is 3.42. The molecule has 0 aliphatic rings. The Morgan fingerprint density at radius 1 is 1.27 bits per heavy atom. The van der Waals surface area contributed by atoms with E-state index in [1.807, 2.05) is 0 Å². The Hall–Kier alpha value is -1.22. The minimum absolute atomic E-state index is 0.164. The fourth-order valence-corrected chi connectivity index (χ4v) is 1.22. The highest BCUT2D eigenvalue weighted by Gasteiger charge is 2.08. The van der Waals surface area contributed by atoms with Crippen molar-refractivity contribution in [2.75, 3.05) is 5.88 Å². The van der Waals surface area contributed by atoms with Gasteiger partial charge in [-0.15, -0.1) is 11.6 Å². The van der Waals surface area contributed by atoms with Crippen LogP contribution in [-0.2, 0) is 0 Å². The molecule has 0 N–H and O–H groups in total. The maximum atomic E-state index is 13.1. The lowest BCUT2D eigenvalue weighted by Crippen LogP contribution is -1.94. The molecule has 4 heteroatoms. The first-order valence-electron chi connectivity index (χ1n) is 4.35. The van der Waals surface area contributed by atoms with E-state index in [0.29, 0.717) is 17.9 Å². The summed E-state index contributed by atoms with van der Waals surface area (Å²) in [5.41, 5.74) is -0.162. The van der Waals surface area contributed by atoms with E-state index in [9.17, 15) is 13.6 Å². The zero-order valence-electron chi connectivity index (χ0n) is 7.84. The summed E-state index contributed by atoms with van der Waals surface area (Å²) >= 11 is 5.43. The van der Waals surface area contributed by atoms with Crippen molar-refractivity contribution in [1.29, 1.82) is 0 Å². The molecule has 0 aliphatic carbocycles. The lowest BCUT2D eigenvalue weighted by atomic mass is 10.1. The normalized spacial score (nSPS) is 10.9. The highest BCUT2D eigenvalue weighted by molar-refractivity contribution is 6.17. The molecule has 1 nitrogen and oxygen atoms in total. The van der Waals surface area contributed by atoms with Crippen LogP contribution < -0.4 is 0 Å². The van der Waals surface area contributed by atoms with Crippen LogP contribution in [0.3, 0.4) is 0 Å². The van der Waals surface area contributed by atoms with Gasteiger partial charge in [-0.05, 0) is 24.1 Å². The molecule has 0 radical (unpaired) electrons. The van der Waals surface area contributed by atoms with Gasteiger partial charge in [0.25, 0.3) is 0 Å². The standard InChI is InChI=1S/C11H9ClF2O/c12-4-2-1-3-8-5-10(13)9(7-15)11(14)6-8/h1,3,5-7H,2,4H2. The fraction of sp³-hybridized carbons (Fsp3) is 0.182.